The molecular formula is C25H19FN4O. The highest BCUT2D eigenvalue weighted by Crippen LogP contribution is 2.50. The van der Waals surface area contributed by atoms with Gasteiger partial charge in [0.15, 0.2) is 6.10 Å². The number of anilines is 1. The summed E-state index contributed by atoms with van der Waals surface area (Å²) in [5, 5.41) is 7.94. The number of aromatic nitrogens is 3. The zero-order chi connectivity index (χ0) is 20.9. The molecule has 0 unspecified atom stereocenters. The molecule has 0 radical (unpaired) electrons. The van der Waals surface area contributed by atoms with Crippen LogP contribution in [0.1, 0.15) is 34.4 Å². The summed E-state index contributed by atoms with van der Waals surface area (Å²) in [6.07, 6.45) is 0.925. The van der Waals surface area contributed by atoms with Gasteiger partial charge in [-0.3, -0.25) is 0 Å². The third kappa shape index (κ3) is 2.75. The molecule has 2 atom stereocenters. The van der Waals surface area contributed by atoms with E-state index in [1.807, 2.05) is 48.0 Å². The molecule has 1 N–H and O–H groups in total. The average molecular weight is 410 g/mol. The Morgan fingerprint density at radius 2 is 1.81 bits per heavy atom. The highest BCUT2D eigenvalue weighted by Gasteiger charge is 2.41. The molecule has 0 amide bonds. The molecular weight excluding hydrogens is 391 g/mol. The molecule has 31 heavy (non-hydrogen) atoms. The normalized spacial score (nSPS) is 19.0. The number of rotatable bonds is 2. The summed E-state index contributed by atoms with van der Waals surface area (Å²) in [5.74, 6) is 1.06. The van der Waals surface area contributed by atoms with Crippen LogP contribution in [0.5, 0.6) is 5.75 Å². The van der Waals surface area contributed by atoms with Crippen molar-refractivity contribution >= 4 is 11.6 Å². The van der Waals surface area contributed by atoms with Crippen LogP contribution >= 0.6 is 0 Å². The molecule has 0 bridgehead atoms. The van der Waals surface area contributed by atoms with Crippen molar-refractivity contribution in [1.82, 2.24) is 14.8 Å². The molecule has 152 valence electrons. The molecule has 3 aromatic carbocycles. The highest BCUT2D eigenvalue weighted by molar-refractivity contribution is 5.85. The van der Waals surface area contributed by atoms with Gasteiger partial charge < -0.3 is 10.1 Å². The first-order chi connectivity index (χ1) is 15.2. The summed E-state index contributed by atoms with van der Waals surface area (Å²) in [6, 6.07) is 22.6. The van der Waals surface area contributed by atoms with Gasteiger partial charge in [-0.15, -0.1) is 0 Å². The number of hydrogen-bond acceptors (Lipinski definition) is 4. The minimum Gasteiger partial charge on any atom is -0.480 e. The summed E-state index contributed by atoms with van der Waals surface area (Å²) in [5.41, 5.74) is 5.39. The number of benzene rings is 3. The second kappa shape index (κ2) is 6.80. The average Bonchev–Trinajstić information content (AvgIpc) is 3.27. The van der Waals surface area contributed by atoms with Crippen molar-refractivity contribution in [3.05, 3.63) is 113 Å². The van der Waals surface area contributed by atoms with Gasteiger partial charge in [-0.05, 0) is 30.7 Å². The second-order valence-corrected chi connectivity index (χ2v) is 7.82. The molecule has 4 aromatic rings. The van der Waals surface area contributed by atoms with Crippen LogP contribution in [-0.2, 0) is 0 Å². The Labute approximate surface area is 178 Å². The molecule has 6 heteroatoms. The number of nitrogens with zero attached hydrogens (tertiary/aromatic N) is 3. The van der Waals surface area contributed by atoms with Gasteiger partial charge in [-0.1, -0.05) is 60.2 Å². The first-order valence-corrected chi connectivity index (χ1v) is 10.2. The third-order valence-electron chi connectivity index (χ3n) is 5.87. The van der Waals surface area contributed by atoms with Crippen molar-refractivity contribution in [3.63, 3.8) is 0 Å². The zero-order valence-corrected chi connectivity index (χ0v) is 16.8. The lowest BCUT2D eigenvalue weighted by Gasteiger charge is -2.39. The topological polar surface area (TPSA) is 52.0 Å². The molecule has 6 rings (SSSR count). The van der Waals surface area contributed by atoms with Crippen LogP contribution in [0.3, 0.4) is 0 Å². The molecule has 2 aliphatic rings. The van der Waals surface area contributed by atoms with Crippen LogP contribution in [0, 0.1) is 12.7 Å². The maximum Gasteiger partial charge on any atom is 0.226 e. The molecule has 2 aliphatic heterocycles. The third-order valence-corrected chi connectivity index (χ3v) is 5.87. The fourth-order valence-electron chi connectivity index (χ4n) is 4.49. The van der Waals surface area contributed by atoms with Crippen molar-refractivity contribution in [3.8, 4) is 5.75 Å². The van der Waals surface area contributed by atoms with E-state index >= 15 is 0 Å². The van der Waals surface area contributed by atoms with E-state index in [1.54, 1.807) is 12.1 Å². The minimum atomic E-state index is -0.610. The van der Waals surface area contributed by atoms with Crippen molar-refractivity contribution in [2.45, 2.75) is 19.1 Å². The number of aryl methyl sites for hydroxylation is 1. The van der Waals surface area contributed by atoms with Gasteiger partial charge in [0.25, 0.3) is 0 Å². The summed E-state index contributed by atoms with van der Waals surface area (Å²) in [4.78, 5) is 4.43. The number of ether oxygens (including phenoxy) is 1. The van der Waals surface area contributed by atoms with E-state index in [9.17, 15) is 4.39 Å². The summed E-state index contributed by atoms with van der Waals surface area (Å²) < 4.78 is 23.3. The van der Waals surface area contributed by atoms with Crippen LogP contribution in [0.2, 0.25) is 0 Å². The van der Waals surface area contributed by atoms with E-state index < -0.39 is 6.10 Å². The second-order valence-electron chi connectivity index (χ2n) is 7.82. The Kier molecular flexibility index (Phi) is 3.93. The quantitative estimate of drug-likeness (QED) is 0.488. The van der Waals surface area contributed by atoms with Crippen molar-refractivity contribution in [1.29, 1.82) is 0 Å². The van der Waals surface area contributed by atoms with Crippen LogP contribution < -0.4 is 10.1 Å². The van der Waals surface area contributed by atoms with Gasteiger partial charge in [-0.2, -0.15) is 10.1 Å². The standard InChI is InChI=1S/C25H19FN4O/c1-15-11-12-20-18(13-15)22-21(24(31-20)17-9-5-6-10-19(17)26)23(16-7-3-2-4-8-16)30-25(29-22)27-14-28-30/h2-14,23-24H,1H3,(H,27,28,29)/t23-,24+/m1/s1. The first-order valence-electron chi connectivity index (χ1n) is 10.2. The Bertz CT molecular complexity index is 1330. The van der Waals surface area contributed by atoms with Crippen LogP contribution in [0.4, 0.5) is 10.3 Å². The molecule has 0 fully saturated rings. The predicted octanol–water partition coefficient (Wildman–Crippen LogP) is 5.29. The van der Waals surface area contributed by atoms with E-state index in [1.165, 1.54) is 12.4 Å². The summed E-state index contributed by atoms with van der Waals surface area (Å²) >= 11 is 0. The van der Waals surface area contributed by atoms with Gasteiger partial charge >= 0.3 is 0 Å². The van der Waals surface area contributed by atoms with Crippen LogP contribution in [0.25, 0.3) is 5.70 Å². The summed E-state index contributed by atoms with van der Waals surface area (Å²) in [7, 11) is 0. The molecule has 0 saturated carbocycles. The lowest BCUT2D eigenvalue weighted by molar-refractivity contribution is 0.218. The van der Waals surface area contributed by atoms with E-state index in [0.29, 0.717) is 17.3 Å². The van der Waals surface area contributed by atoms with Gasteiger partial charge in [0.05, 0.1) is 5.70 Å². The monoisotopic (exact) mass is 410 g/mol. The van der Waals surface area contributed by atoms with Crippen LogP contribution in [0.15, 0.2) is 84.7 Å². The number of nitrogens with one attached hydrogen (secondary N) is 1. The molecule has 3 heterocycles. The lowest BCUT2D eigenvalue weighted by atomic mass is 9.84. The Balaban J connectivity index is 1.66. The SMILES string of the molecule is Cc1ccc2c(c1)C1=C([C@H](c3ccccc3F)O2)[C@@H](c2ccccc2)n2ncnc2N1. The zero-order valence-electron chi connectivity index (χ0n) is 16.8. The minimum absolute atomic E-state index is 0.284. The Morgan fingerprint density at radius 3 is 2.65 bits per heavy atom. The summed E-state index contributed by atoms with van der Waals surface area (Å²) in [6.45, 7) is 2.05. The first kappa shape index (κ1) is 17.9. The number of halogens is 1. The van der Waals surface area contributed by atoms with Crippen LogP contribution in [-0.4, -0.2) is 14.8 Å². The molecule has 0 aliphatic carbocycles. The largest absolute Gasteiger partial charge is 0.480 e. The molecule has 5 nitrogen and oxygen atoms in total. The molecule has 0 spiro atoms. The lowest BCUT2D eigenvalue weighted by Crippen LogP contribution is -2.32. The fraction of sp³-hybridized carbons (Fsp3) is 0.120. The van der Waals surface area contributed by atoms with Gasteiger partial charge in [-0.25, -0.2) is 9.07 Å². The van der Waals surface area contributed by atoms with Crippen molar-refractivity contribution < 1.29 is 9.13 Å². The van der Waals surface area contributed by atoms with E-state index in [4.69, 9.17) is 4.74 Å². The van der Waals surface area contributed by atoms with E-state index in [2.05, 4.69) is 33.6 Å². The van der Waals surface area contributed by atoms with Gasteiger partial charge in [0.2, 0.25) is 5.95 Å². The van der Waals surface area contributed by atoms with E-state index in [-0.39, 0.29) is 11.9 Å². The Morgan fingerprint density at radius 1 is 1.00 bits per heavy atom. The maximum atomic E-state index is 15.0. The fourth-order valence-corrected chi connectivity index (χ4v) is 4.49. The maximum absolute atomic E-state index is 15.0. The van der Waals surface area contributed by atoms with Crippen molar-refractivity contribution in [2.75, 3.05) is 5.32 Å². The molecule has 1 aromatic heterocycles. The van der Waals surface area contributed by atoms with Crippen molar-refractivity contribution in [2.24, 2.45) is 0 Å². The number of fused-ring (bicyclic) bond motifs is 3. The van der Waals surface area contributed by atoms with E-state index in [0.717, 1.165) is 28.0 Å². The smallest absolute Gasteiger partial charge is 0.226 e. The molecule has 0 saturated heterocycles. The number of hydrogen-bond donors (Lipinski definition) is 1. The predicted molar refractivity (Wildman–Crippen MR) is 116 cm³/mol. The van der Waals surface area contributed by atoms with Gasteiger partial charge in [0, 0.05) is 16.7 Å². The highest BCUT2D eigenvalue weighted by atomic mass is 19.1. The van der Waals surface area contributed by atoms with Gasteiger partial charge in [0.1, 0.15) is 23.9 Å². The Hall–Kier alpha value is -3.93.